The summed E-state index contributed by atoms with van der Waals surface area (Å²) in [5.74, 6) is -3.00. The predicted octanol–water partition coefficient (Wildman–Crippen LogP) is 3.09. The number of hydrogen-bond donors (Lipinski definition) is 1. The number of hydrazine groups is 1. The van der Waals surface area contributed by atoms with Crippen LogP contribution in [0.3, 0.4) is 0 Å². The molecule has 1 heterocycles. The van der Waals surface area contributed by atoms with Gasteiger partial charge >= 0.3 is 23.8 Å². The summed E-state index contributed by atoms with van der Waals surface area (Å²) in [5, 5.41) is 0.362. The number of hydrogen-bond acceptors (Lipinski definition) is 8. The smallest absolute Gasteiger partial charge is 0.432 e. The van der Waals surface area contributed by atoms with Crippen molar-refractivity contribution < 1.29 is 38.2 Å². The number of methoxy groups -OCH3 is 1. The van der Waals surface area contributed by atoms with Crippen molar-refractivity contribution in [2.24, 2.45) is 0 Å². The van der Waals surface area contributed by atoms with Crippen LogP contribution in [0.25, 0.3) is 0 Å². The Morgan fingerprint density at radius 3 is 2.03 bits per heavy atom. The summed E-state index contributed by atoms with van der Waals surface area (Å²) in [6, 6.07) is 4.65. The Labute approximate surface area is 198 Å². The van der Waals surface area contributed by atoms with E-state index in [1.54, 1.807) is 60.6 Å². The van der Waals surface area contributed by atoms with Crippen LogP contribution in [-0.2, 0) is 23.8 Å². The molecule has 0 saturated carbocycles. The van der Waals surface area contributed by atoms with Crippen LogP contribution < -0.4 is 10.3 Å². The minimum Gasteiger partial charge on any atom is -0.465 e. The molecule has 1 aromatic carbocycles. The van der Waals surface area contributed by atoms with E-state index in [0.29, 0.717) is 10.6 Å². The van der Waals surface area contributed by atoms with Gasteiger partial charge in [0, 0.05) is 12.5 Å². The van der Waals surface area contributed by atoms with Crippen LogP contribution in [0.1, 0.15) is 64.4 Å². The lowest BCUT2D eigenvalue weighted by molar-refractivity contribution is -0.154. The lowest BCUT2D eigenvalue weighted by atomic mass is 9.98. The molecule has 3 amide bonds. The van der Waals surface area contributed by atoms with Gasteiger partial charge in [-0.05, 0) is 60.1 Å². The third kappa shape index (κ3) is 4.82. The van der Waals surface area contributed by atoms with Crippen molar-refractivity contribution in [2.75, 3.05) is 12.0 Å². The van der Waals surface area contributed by atoms with Crippen molar-refractivity contribution in [2.45, 2.75) is 72.3 Å². The summed E-state index contributed by atoms with van der Waals surface area (Å²) in [6.07, 6.45) is -2.44. The number of ether oxygens (including phenoxy) is 3. The number of anilines is 1. The van der Waals surface area contributed by atoms with Crippen molar-refractivity contribution in [3.8, 4) is 0 Å². The summed E-state index contributed by atoms with van der Waals surface area (Å²) >= 11 is 0. The number of aryl methyl sites for hydroxylation is 1. The Morgan fingerprint density at radius 2 is 1.56 bits per heavy atom. The summed E-state index contributed by atoms with van der Waals surface area (Å²) in [5.41, 5.74) is -2.15. The van der Waals surface area contributed by atoms with E-state index in [1.165, 1.54) is 6.07 Å². The highest BCUT2D eigenvalue weighted by atomic mass is 16.6. The SMILES string of the molecule is COC(=O)[C@]1(N(NC(=O)OC(C)(C)C)C(=O)OC(C)(C)C)C(=O)c2c(C)cccc2N1C(C)=O. The van der Waals surface area contributed by atoms with Crippen LogP contribution in [0.15, 0.2) is 18.2 Å². The van der Waals surface area contributed by atoms with Gasteiger partial charge in [0.2, 0.25) is 11.7 Å². The van der Waals surface area contributed by atoms with E-state index >= 15 is 0 Å². The second kappa shape index (κ2) is 8.96. The van der Waals surface area contributed by atoms with Crippen molar-refractivity contribution in [1.82, 2.24) is 10.4 Å². The quantitative estimate of drug-likeness (QED) is 0.297. The van der Waals surface area contributed by atoms with Crippen molar-refractivity contribution in [1.29, 1.82) is 0 Å². The molecule has 0 unspecified atom stereocenters. The van der Waals surface area contributed by atoms with Crippen LogP contribution in [0.2, 0.25) is 0 Å². The molecule has 0 aliphatic carbocycles. The van der Waals surface area contributed by atoms with E-state index in [-0.39, 0.29) is 11.3 Å². The molecule has 2 rings (SSSR count). The third-order valence-corrected chi connectivity index (χ3v) is 4.65. The Hall–Kier alpha value is -3.63. The molecule has 186 valence electrons. The molecule has 1 aromatic rings. The predicted molar refractivity (Wildman–Crippen MR) is 121 cm³/mol. The number of carbonyl (C=O) groups is 5. The monoisotopic (exact) mass is 477 g/mol. The van der Waals surface area contributed by atoms with Gasteiger partial charge in [0.1, 0.15) is 11.2 Å². The number of amides is 3. The fourth-order valence-corrected chi connectivity index (χ4v) is 3.56. The number of rotatable bonds is 2. The van der Waals surface area contributed by atoms with Gasteiger partial charge in [-0.1, -0.05) is 12.1 Å². The molecule has 0 spiro atoms. The molecule has 1 aliphatic heterocycles. The third-order valence-electron chi connectivity index (χ3n) is 4.65. The molecule has 0 fully saturated rings. The first-order chi connectivity index (χ1) is 15.5. The normalized spacial score (nSPS) is 17.6. The van der Waals surface area contributed by atoms with E-state index in [2.05, 4.69) is 5.43 Å². The maximum absolute atomic E-state index is 13.9. The largest absolute Gasteiger partial charge is 0.465 e. The highest BCUT2D eigenvalue weighted by Gasteiger charge is 2.67. The zero-order chi connectivity index (χ0) is 26.2. The van der Waals surface area contributed by atoms with Crippen LogP contribution >= 0.6 is 0 Å². The maximum atomic E-state index is 13.9. The summed E-state index contributed by atoms with van der Waals surface area (Å²) in [6.45, 7) is 12.1. The molecule has 0 saturated heterocycles. The lowest BCUT2D eigenvalue weighted by Gasteiger charge is -2.42. The first-order valence-electron chi connectivity index (χ1n) is 10.5. The number of ketones is 1. The minimum absolute atomic E-state index is 0.0163. The second-order valence-corrected chi connectivity index (χ2v) is 9.75. The van der Waals surface area contributed by atoms with Crippen LogP contribution in [0, 0.1) is 6.92 Å². The Morgan fingerprint density at radius 1 is 1.00 bits per heavy atom. The lowest BCUT2D eigenvalue weighted by Crippen LogP contribution is -2.74. The summed E-state index contributed by atoms with van der Waals surface area (Å²) in [4.78, 5) is 67.0. The Kier molecular flexibility index (Phi) is 7.01. The van der Waals surface area contributed by atoms with E-state index < -0.39 is 46.7 Å². The first kappa shape index (κ1) is 26.6. The molecule has 1 aliphatic rings. The van der Waals surface area contributed by atoms with E-state index in [4.69, 9.17) is 14.2 Å². The highest BCUT2D eigenvalue weighted by molar-refractivity contribution is 6.30. The number of carbonyl (C=O) groups excluding carboxylic acids is 5. The van der Waals surface area contributed by atoms with Crippen LogP contribution in [0.5, 0.6) is 0 Å². The van der Waals surface area contributed by atoms with Crippen LogP contribution in [-0.4, -0.2) is 58.8 Å². The fraction of sp³-hybridized carbons (Fsp3) is 0.522. The number of esters is 1. The van der Waals surface area contributed by atoms with Crippen molar-refractivity contribution in [3.63, 3.8) is 0 Å². The van der Waals surface area contributed by atoms with E-state index in [0.717, 1.165) is 18.9 Å². The molecular weight excluding hydrogens is 446 g/mol. The zero-order valence-electron chi connectivity index (χ0n) is 20.9. The van der Waals surface area contributed by atoms with Gasteiger partial charge in [-0.3, -0.25) is 14.5 Å². The first-order valence-corrected chi connectivity index (χ1v) is 10.5. The molecule has 11 nitrogen and oxygen atoms in total. The van der Waals surface area contributed by atoms with E-state index in [9.17, 15) is 24.0 Å². The average Bonchev–Trinajstić information content (AvgIpc) is 2.93. The number of Topliss-reactive ketones (excluding diaryl/α,β-unsaturated/α-hetero) is 1. The topological polar surface area (TPSA) is 132 Å². The Balaban J connectivity index is 2.84. The van der Waals surface area contributed by atoms with Gasteiger partial charge in [-0.2, -0.15) is 5.01 Å². The van der Waals surface area contributed by atoms with Crippen LogP contribution in [0.4, 0.5) is 15.3 Å². The zero-order valence-corrected chi connectivity index (χ0v) is 20.9. The summed E-state index contributed by atoms with van der Waals surface area (Å²) in [7, 11) is 0.992. The highest BCUT2D eigenvalue weighted by Crippen LogP contribution is 2.43. The van der Waals surface area contributed by atoms with Gasteiger partial charge in [-0.15, -0.1) is 0 Å². The van der Waals surface area contributed by atoms with E-state index in [1.807, 2.05) is 0 Å². The molecule has 0 bridgehead atoms. The fourth-order valence-electron chi connectivity index (χ4n) is 3.56. The molecule has 0 radical (unpaired) electrons. The van der Waals surface area contributed by atoms with Gasteiger partial charge in [0.05, 0.1) is 12.8 Å². The van der Waals surface area contributed by atoms with Gasteiger partial charge in [0.15, 0.2) is 0 Å². The van der Waals surface area contributed by atoms with Gasteiger partial charge in [-0.25, -0.2) is 19.8 Å². The number of fused-ring (bicyclic) bond motifs is 1. The average molecular weight is 478 g/mol. The number of nitrogens with one attached hydrogen (secondary N) is 1. The molecule has 1 N–H and O–H groups in total. The van der Waals surface area contributed by atoms with Crippen molar-refractivity contribution in [3.05, 3.63) is 29.3 Å². The number of nitrogens with zero attached hydrogens (tertiary/aromatic N) is 2. The molecule has 1 atom stereocenters. The molecule has 0 aromatic heterocycles. The van der Waals surface area contributed by atoms with Gasteiger partial charge in [0.25, 0.3) is 0 Å². The van der Waals surface area contributed by atoms with Gasteiger partial charge < -0.3 is 14.2 Å². The van der Waals surface area contributed by atoms with Crippen molar-refractivity contribution >= 4 is 35.5 Å². The standard InChI is InChI=1S/C23H31N3O8/c1-13-11-10-12-15-16(13)17(28)23(18(29)32-9,25(15)14(2)27)26(20(31)34-22(6,7)8)24-19(30)33-21(3,4)5/h10-12H,1-9H3,(H,24,30)/t23-/m1/s1. The second-order valence-electron chi connectivity index (χ2n) is 9.75. The summed E-state index contributed by atoms with van der Waals surface area (Å²) < 4.78 is 15.5. The number of benzene rings is 1. The molecule has 34 heavy (non-hydrogen) atoms. The minimum atomic E-state index is -2.76. The maximum Gasteiger partial charge on any atom is 0.432 e. The molecule has 11 heteroatoms. The molecular formula is C23H31N3O8. The Bertz CT molecular complexity index is 1040.